The van der Waals surface area contributed by atoms with Crippen molar-refractivity contribution in [1.29, 1.82) is 0 Å². The Morgan fingerprint density at radius 2 is 1.75 bits per heavy atom. The summed E-state index contributed by atoms with van der Waals surface area (Å²) in [5.41, 5.74) is 1.01. The first-order chi connectivity index (χ1) is 19.4. The normalized spacial score (nSPS) is 24.1. The highest BCUT2D eigenvalue weighted by Gasteiger charge is 2.38. The Balaban J connectivity index is 1.26. The van der Waals surface area contributed by atoms with Gasteiger partial charge >= 0.3 is 0 Å². The van der Waals surface area contributed by atoms with Crippen molar-refractivity contribution in [1.82, 2.24) is 29.3 Å². The number of carbonyl (C=O) groups is 1. The largest absolute Gasteiger partial charge is 0.474 e. The maximum absolute atomic E-state index is 14.1. The maximum Gasteiger partial charge on any atom is 0.296 e. The Morgan fingerprint density at radius 1 is 1.00 bits per heavy atom. The highest BCUT2D eigenvalue weighted by atomic mass is 19.3. The molecule has 3 aliphatic rings. The van der Waals surface area contributed by atoms with Crippen molar-refractivity contribution in [3.05, 3.63) is 36.2 Å². The molecule has 0 spiro atoms. The van der Waals surface area contributed by atoms with Gasteiger partial charge in [-0.25, -0.2) is 13.8 Å². The van der Waals surface area contributed by atoms with Gasteiger partial charge in [-0.2, -0.15) is 9.97 Å². The van der Waals surface area contributed by atoms with Crippen molar-refractivity contribution in [2.75, 3.05) is 51.8 Å². The number of likely N-dealkylation sites (tertiary alicyclic amines) is 1. The molecular weight excluding hydrogens is 520 g/mol. The number of morpholine rings is 1. The van der Waals surface area contributed by atoms with E-state index in [1.165, 1.54) is 4.57 Å². The Hall–Kier alpha value is -3.38. The number of hydrogen-bond acceptors (Lipinski definition) is 8. The van der Waals surface area contributed by atoms with E-state index in [4.69, 9.17) is 19.4 Å². The number of benzene rings is 1. The summed E-state index contributed by atoms with van der Waals surface area (Å²) in [5.74, 6) is 0.900. The first-order valence-electron chi connectivity index (χ1n) is 14.0. The molecule has 0 N–H and O–H groups in total. The number of nitrogens with zero attached hydrogens (tertiary/aromatic N) is 7. The van der Waals surface area contributed by atoms with Crippen LogP contribution in [0.25, 0.3) is 16.9 Å². The molecule has 1 atom stereocenters. The molecule has 1 aliphatic carbocycles. The van der Waals surface area contributed by atoms with E-state index >= 15 is 0 Å². The number of aromatic nitrogens is 4. The Kier molecular flexibility index (Phi) is 7.54. The summed E-state index contributed by atoms with van der Waals surface area (Å²) in [6.07, 6.45) is 1.26. The number of anilines is 1. The number of likely N-dealkylation sites (N-methyl/N-ethyl adjacent to an activating group) is 1. The monoisotopic (exact) mass is 555 g/mol. The second kappa shape index (κ2) is 11.2. The number of carbonyl (C=O) groups excluding carboxylic acids is 1. The number of para-hydroxylation sites is 2. The van der Waals surface area contributed by atoms with Crippen LogP contribution in [0.2, 0.25) is 0 Å². The lowest BCUT2D eigenvalue weighted by atomic mass is 9.92. The average Bonchev–Trinajstić information content (AvgIpc) is 3.55. The zero-order chi connectivity index (χ0) is 27.8. The smallest absolute Gasteiger partial charge is 0.296 e. The van der Waals surface area contributed by atoms with Gasteiger partial charge in [-0.05, 0) is 58.3 Å². The van der Waals surface area contributed by atoms with Crippen LogP contribution in [-0.2, 0) is 9.53 Å². The van der Waals surface area contributed by atoms with Gasteiger partial charge in [0.2, 0.25) is 17.7 Å². The third-order valence-electron chi connectivity index (χ3n) is 8.19. The lowest BCUT2D eigenvalue weighted by molar-refractivity contribution is -0.134. The fraction of sp³-hybridized carbons (Fsp3) is 0.571. The summed E-state index contributed by atoms with van der Waals surface area (Å²) >= 11 is 0. The molecule has 12 heteroatoms. The van der Waals surface area contributed by atoms with E-state index in [2.05, 4.69) is 4.98 Å². The third-order valence-corrected chi connectivity index (χ3v) is 8.19. The second-order valence-corrected chi connectivity index (χ2v) is 10.9. The predicted octanol–water partition coefficient (Wildman–Crippen LogP) is 3.44. The van der Waals surface area contributed by atoms with Crippen molar-refractivity contribution in [2.45, 2.75) is 56.7 Å². The number of imidazole rings is 1. The van der Waals surface area contributed by atoms with E-state index in [-0.39, 0.29) is 29.9 Å². The van der Waals surface area contributed by atoms with E-state index in [0.717, 1.165) is 38.6 Å². The molecule has 0 bridgehead atoms. The number of hydrogen-bond donors (Lipinski definition) is 0. The molecule has 1 saturated carbocycles. The quantitative estimate of drug-likeness (QED) is 0.438. The van der Waals surface area contributed by atoms with Crippen LogP contribution >= 0.6 is 0 Å². The van der Waals surface area contributed by atoms with E-state index < -0.39 is 6.43 Å². The first-order valence-corrected chi connectivity index (χ1v) is 14.0. The van der Waals surface area contributed by atoms with Crippen LogP contribution in [0.15, 0.2) is 30.3 Å². The topological polar surface area (TPSA) is 88.8 Å². The van der Waals surface area contributed by atoms with Gasteiger partial charge in [-0.3, -0.25) is 14.3 Å². The summed E-state index contributed by atoms with van der Waals surface area (Å²) < 4.78 is 41.5. The fourth-order valence-corrected chi connectivity index (χ4v) is 6.09. The minimum absolute atomic E-state index is 0.0376. The predicted molar refractivity (Wildman–Crippen MR) is 145 cm³/mol. The number of ether oxygens (including phenoxy) is 2. The molecule has 3 fully saturated rings. The highest BCUT2D eigenvalue weighted by molar-refractivity contribution is 5.84. The minimum Gasteiger partial charge on any atom is -0.474 e. The van der Waals surface area contributed by atoms with Gasteiger partial charge in [0, 0.05) is 31.7 Å². The number of fused-ring (bicyclic) bond motifs is 1. The molecule has 40 heavy (non-hydrogen) atoms. The van der Waals surface area contributed by atoms with E-state index in [1.807, 2.05) is 28.8 Å². The SMILES string of the molecule is CN(C)C1CCN(C2CCC(Oc3cc(-n4c(C(F)F)nc5ccccc54)nc(N4CCOCC4)n3)CC2)C1=O. The van der Waals surface area contributed by atoms with Gasteiger partial charge in [0.1, 0.15) is 11.9 Å². The third kappa shape index (κ3) is 5.22. The molecule has 2 aromatic heterocycles. The van der Waals surface area contributed by atoms with Crippen molar-refractivity contribution < 1.29 is 23.0 Å². The molecule has 214 valence electrons. The molecular formula is C28H35F2N7O3. The number of amides is 1. The maximum atomic E-state index is 14.1. The molecule has 2 saturated heterocycles. The fourth-order valence-electron chi connectivity index (χ4n) is 6.09. The number of rotatable bonds is 7. The lowest BCUT2D eigenvalue weighted by Crippen LogP contribution is -2.44. The lowest BCUT2D eigenvalue weighted by Gasteiger charge is -2.35. The van der Waals surface area contributed by atoms with Crippen LogP contribution in [0.1, 0.15) is 44.4 Å². The van der Waals surface area contributed by atoms with Crippen molar-refractivity contribution >= 4 is 22.9 Å². The molecule has 3 aromatic rings. The van der Waals surface area contributed by atoms with Crippen molar-refractivity contribution in [3.8, 4) is 11.7 Å². The molecule has 1 aromatic carbocycles. The van der Waals surface area contributed by atoms with Crippen LogP contribution in [0.4, 0.5) is 14.7 Å². The van der Waals surface area contributed by atoms with Gasteiger partial charge in [0.15, 0.2) is 5.82 Å². The second-order valence-electron chi connectivity index (χ2n) is 10.9. The Labute approximate surface area is 231 Å². The van der Waals surface area contributed by atoms with E-state index in [0.29, 0.717) is 55.0 Å². The summed E-state index contributed by atoms with van der Waals surface area (Å²) in [6.45, 7) is 3.06. The van der Waals surface area contributed by atoms with Gasteiger partial charge in [-0.15, -0.1) is 0 Å². The van der Waals surface area contributed by atoms with Gasteiger partial charge in [-0.1, -0.05) is 12.1 Å². The van der Waals surface area contributed by atoms with E-state index in [9.17, 15) is 13.6 Å². The van der Waals surface area contributed by atoms with Crippen LogP contribution in [0.5, 0.6) is 5.88 Å². The van der Waals surface area contributed by atoms with Crippen LogP contribution in [-0.4, -0.2) is 100 Å². The average molecular weight is 556 g/mol. The highest BCUT2D eigenvalue weighted by Crippen LogP contribution is 2.32. The number of alkyl halides is 2. The first kappa shape index (κ1) is 26.8. The standard InChI is InChI=1S/C28H35F2N7O3/c1-34(2)22-11-12-36(27(22)38)18-7-9-19(10-8-18)40-24-17-23(32-28(33-24)35-13-15-39-16-14-35)37-21-6-4-3-5-20(21)31-26(37)25(29)30/h3-6,17-19,22,25H,7-16H2,1-2H3. The van der Waals surface area contributed by atoms with Crippen LogP contribution in [0.3, 0.4) is 0 Å². The zero-order valence-corrected chi connectivity index (χ0v) is 22.9. The molecule has 10 nitrogen and oxygen atoms in total. The minimum atomic E-state index is -2.78. The van der Waals surface area contributed by atoms with Crippen LogP contribution < -0.4 is 9.64 Å². The van der Waals surface area contributed by atoms with Gasteiger partial charge in [0.05, 0.1) is 30.3 Å². The van der Waals surface area contributed by atoms with Crippen molar-refractivity contribution in [2.24, 2.45) is 0 Å². The molecule has 1 amide bonds. The molecule has 1 unspecified atom stereocenters. The summed E-state index contributed by atoms with van der Waals surface area (Å²) in [5, 5.41) is 0. The van der Waals surface area contributed by atoms with Gasteiger partial charge in [0.25, 0.3) is 6.43 Å². The van der Waals surface area contributed by atoms with E-state index in [1.54, 1.807) is 30.3 Å². The van der Waals surface area contributed by atoms with Crippen LogP contribution in [0, 0.1) is 0 Å². The molecule has 0 radical (unpaired) electrons. The van der Waals surface area contributed by atoms with Gasteiger partial charge < -0.3 is 19.3 Å². The summed E-state index contributed by atoms with van der Waals surface area (Å²) in [7, 11) is 3.91. The van der Waals surface area contributed by atoms with Crippen molar-refractivity contribution in [3.63, 3.8) is 0 Å². The molecule has 4 heterocycles. The zero-order valence-electron chi connectivity index (χ0n) is 22.9. The summed E-state index contributed by atoms with van der Waals surface area (Å²) in [6, 6.07) is 8.84. The molecule has 2 aliphatic heterocycles. The summed E-state index contributed by atoms with van der Waals surface area (Å²) in [4.78, 5) is 32.5. The molecule has 6 rings (SSSR count). The Morgan fingerprint density at radius 3 is 2.45 bits per heavy atom. The number of halogens is 2. The Bertz CT molecular complexity index is 1350.